The Hall–Kier alpha value is -2.93. The summed E-state index contributed by atoms with van der Waals surface area (Å²) in [5, 5.41) is 15.0. The average Bonchev–Trinajstić information content (AvgIpc) is 3.73. The number of fused-ring (bicyclic) bond motifs is 1. The minimum absolute atomic E-state index is 0.107. The highest BCUT2D eigenvalue weighted by Gasteiger charge is 2.54. The zero-order valence-corrected chi connectivity index (χ0v) is 28.2. The van der Waals surface area contributed by atoms with Gasteiger partial charge in [0.05, 0.1) is 40.5 Å². The third kappa shape index (κ3) is 7.11. The van der Waals surface area contributed by atoms with Crippen LogP contribution < -0.4 is 5.32 Å². The molecule has 3 aromatic rings. The number of morpholine rings is 1. The predicted molar refractivity (Wildman–Crippen MR) is 179 cm³/mol. The van der Waals surface area contributed by atoms with Gasteiger partial charge in [-0.25, -0.2) is 4.39 Å². The Morgan fingerprint density at radius 2 is 1.74 bits per heavy atom. The highest BCUT2D eigenvalue weighted by molar-refractivity contribution is 7.17. The van der Waals surface area contributed by atoms with Crippen LogP contribution in [-0.4, -0.2) is 82.9 Å². The molecule has 3 atom stereocenters. The number of hydrogen-bond donors (Lipinski definition) is 2. The maximum atomic E-state index is 15.8. The van der Waals surface area contributed by atoms with Crippen molar-refractivity contribution in [1.29, 1.82) is 0 Å². The fraction of sp³-hybridized carbons (Fsp3) is 0.514. The van der Waals surface area contributed by atoms with Crippen molar-refractivity contribution in [2.75, 3.05) is 31.5 Å². The SMILES string of the molecule is C[C@@H]1CN(C(O[C@H]2CC[C@H](C(=O)O)CC2)(C(=O)Cc2cc(Cl)c(NC(=O)c3csc4ccccc34)cc2F)N2CCCC2)C[C@H](C)O1. The number of ketones is 1. The van der Waals surface area contributed by atoms with Gasteiger partial charge in [0.15, 0.2) is 5.78 Å². The normalized spacial score (nSPS) is 25.4. The number of Topliss-reactive ketones (excluding diaryl/α,β-unsaturated/α-hetero) is 1. The van der Waals surface area contributed by atoms with Crippen LogP contribution in [0.3, 0.4) is 0 Å². The van der Waals surface area contributed by atoms with Crippen LogP contribution in [0.2, 0.25) is 5.02 Å². The molecular weight excluding hydrogens is 645 g/mol. The van der Waals surface area contributed by atoms with E-state index in [4.69, 9.17) is 21.1 Å². The van der Waals surface area contributed by atoms with Gasteiger partial charge in [0, 0.05) is 48.1 Å². The number of carboxylic acid groups (broad SMARTS) is 1. The van der Waals surface area contributed by atoms with Crippen molar-refractivity contribution in [3.8, 4) is 0 Å². The van der Waals surface area contributed by atoms with E-state index in [-0.39, 0.29) is 46.8 Å². The molecule has 1 aliphatic carbocycles. The molecule has 2 saturated heterocycles. The number of anilines is 1. The van der Waals surface area contributed by atoms with E-state index in [1.807, 2.05) is 43.0 Å². The summed E-state index contributed by atoms with van der Waals surface area (Å²) in [5.74, 6) is -4.08. The largest absolute Gasteiger partial charge is 0.481 e. The maximum Gasteiger partial charge on any atom is 0.306 e. The van der Waals surface area contributed by atoms with Crippen molar-refractivity contribution in [2.45, 2.75) is 83.0 Å². The summed E-state index contributed by atoms with van der Waals surface area (Å²) in [4.78, 5) is 43.7. The summed E-state index contributed by atoms with van der Waals surface area (Å²) in [5.41, 5.74) is 0.698. The summed E-state index contributed by atoms with van der Waals surface area (Å²) in [6, 6.07) is 10.1. The van der Waals surface area contributed by atoms with Crippen LogP contribution in [0.5, 0.6) is 0 Å². The molecule has 0 radical (unpaired) electrons. The minimum Gasteiger partial charge on any atom is -0.481 e. The highest BCUT2D eigenvalue weighted by Crippen LogP contribution is 2.38. The molecule has 0 spiro atoms. The van der Waals surface area contributed by atoms with Gasteiger partial charge in [-0.1, -0.05) is 29.8 Å². The number of thiophene rings is 1. The lowest BCUT2D eigenvalue weighted by Crippen LogP contribution is -2.71. The van der Waals surface area contributed by atoms with Crippen LogP contribution in [0, 0.1) is 11.7 Å². The Morgan fingerprint density at radius 1 is 1.06 bits per heavy atom. The monoisotopic (exact) mass is 685 g/mol. The molecule has 6 rings (SSSR count). The van der Waals surface area contributed by atoms with E-state index in [9.17, 15) is 19.5 Å². The van der Waals surface area contributed by atoms with E-state index in [1.54, 1.807) is 5.38 Å². The number of nitrogens with zero attached hydrogens (tertiary/aromatic N) is 2. The lowest BCUT2D eigenvalue weighted by atomic mass is 9.87. The summed E-state index contributed by atoms with van der Waals surface area (Å²) in [6.45, 7) is 6.10. The van der Waals surface area contributed by atoms with Gasteiger partial charge < -0.3 is 19.9 Å². The topological polar surface area (TPSA) is 108 Å². The number of nitrogens with one attached hydrogen (secondary N) is 1. The van der Waals surface area contributed by atoms with Crippen molar-refractivity contribution in [3.63, 3.8) is 0 Å². The van der Waals surface area contributed by atoms with Crippen molar-refractivity contribution < 1.29 is 33.4 Å². The van der Waals surface area contributed by atoms with Crippen LogP contribution in [0.4, 0.5) is 10.1 Å². The quantitative estimate of drug-likeness (QED) is 0.247. The number of likely N-dealkylation sites (tertiary alicyclic amines) is 1. The number of carbonyl (C=O) groups excluding carboxylic acids is 2. The maximum absolute atomic E-state index is 15.8. The third-order valence-electron chi connectivity index (χ3n) is 9.56. The molecule has 12 heteroatoms. The van der Waals surface area contributed by atoms with Crippen LogP contribution in [0.1, 0.15) is 68.3 Å². The van der Waals surface area contributed by atoms with Crippen LogP contribution in [-0.2, 0) is 25.5 Å². The molecule has 3 heterocycles. The summed E-state index contributed by atoms with van der Waals surface area (Å²) in [6.07, 6.45) is 2.84. The number of ether oxygens (including phenoxy) is 2. The lowest BCUT2D eigenvalue weighted by Gasteiger charge is -2.52. The van der Waals surface area contributed by atoms with Gasteiger partial charge in [-0.15, -0.1) is 11.3 Å². The molecule has 252 valence electrons. The van der Waals surface area contributed by atoms with Gasteiger partial charge in [-0.05, 0) is 76.1 Å². The first-order chi connectivity index (χ1) is 22.5. The van der Waals surface area contributed by atoms with Gasteiger partial charge in [0.25, 0.3) is 5.91 Å². The first-order valence-corrected chi connectivity index (χ1v) is 17.7. The average molecular weight is 686 g/mol. The zero-order valence-electron chi connectivity index (χ0n) is 26.7. The molecule has 0 bridgehead atoms. The Labute approximate surface area is 283 Å². The van der Waals surface area contributed by atoms with Gasteiger partial charge in [-0.3, -0.25) is 24.2 Å². The Balaban J connectivity index is 1.29. The van der Waals surface area contributed by atoms with Gasteiger partial charge in [-0.2, -0.15) is 0 Å². The van der Waals surface area contributed by atoms with Crippen LogP contribution in [0.15, 0.2) is 41.8 Å². The lowest BCUT2D eigenvalue weighted by molar-refractivity contribution is -0.274. The zero-order chi connectivity index (χ0) is 33.3. The molecule has 3 aliphatic rings. The number of carbonyl (C=O) groups is 3. The molecular formula is C35H41ClFN3O6S. The predicted octanol–water partition coefficient (Wildman–Crippen LogP) is 6.58. The van der Waals surface area contributed by atoms with Crippen molar-refractivity contribution in [2.24, 2.45) is 5.92 Å². The van der Waals surface area contributed by atoms with Crippen molar-refractivity contribution in [3.05, 3.63) is 63.7 Å². The van der Waals surface area contributed by atoms with Gasteiger partial charge in [0.1, 0.15) is 5.82 Å². The number of halogens is 2. The summed E-state index contributed by atoms with van der Waals surface area (Å²) in [7, 11) is 0. The molecule has 1 amide bonds. The summed E-state index contributed by atoms with van der Waals surface area (Å²) < 4.78 is 29.8. The van der Waals surface area contributed by atoms with E-state index >= 15 is 4.39 Å². The van der Waals surface area contributed by atoms with E-state index in [2.05, 4.69) is 10.2 Å². The first-order valence-electron chi connectivity index (χ1n) is 16.4. The Bertz CT molecular complexity index is 1630. The van der Waals surface area contributed by atoms with E-state index < -0.39 is 29.5 Å². The van der Waals surface area contributed by atoms with Gasteiger partial charge in [0.2, 0.25) is 5.85 Å². The number of hydrogen-bond acceptors (Lipinski definition) is 8. The van der Waals surface area contributed by atoms with E-state index in [1.165, 1.54) is 23.5 Å². The standard InChI is InChI=1S/C35H41ClFN3O6S/c1-21-18-40(19-22(2)45-21)35(39-13-5-6-14-39,46-25-11-9-23(10-12-25)34(43)44)32(41)16-24-15-28(36)30(17-29(24)37)38-33(42)27-20-47-31-8-4-3-7-26(27)31/h3-4,7-8,15,17,20-23,25H,5-6,9-14,16,18-19H2,1-2H3,(H,38,42)(H,43,44)/t21-,22+,23-,25-,35?. The fourth-order valence-electron chi connectivity index (χ4n) is 7.32. The van der Waals surface area contributed by atoms with Crippen molar-refractivity contribution >= 4 is 56.4 Å². The molecule has 3 fully saturated rings. The van der Waals surface area contributed by atoms with Gasteiger partial charge >= 0.3 is 5.97 Å². The molecule has 2 N–H and O–H groups in total. The molecule has 1 unspecified atom stereocenters. The molecule has 1 saturated carbocycles. The molecule has 2 aliphatic heterocycles. The number of amides is 1. The van der Waals surface area contributed by atoms with E-state index in [0.717, 1.165) is 22.9 Å². The number of benzene rings is 2. The summed E-state index contributed by atoms with van der Waals surface area (Å²) >= 11 is 8.07. The second-order valence-electron chi connectivity index (χ2n) is 13.0. The fourth-order valence-corrected chi connectivity index (χ4v) is 8.50. The molecule has 47 heavy (non-hydrogen) atoms. The number of rotatable bonds is 10. The third-order valence-corrected chi connectivity index (χ3v) is 10.8. The smallest absolute Gasteiger partial charge is 0.306 e. The second-order valence-corrected chi connectivity index (χ2v) is 14.3. The second kappa shape index (κ2) is 14.3. The van der Waals surface area contributed by atoms with Crippen LogP contribution in [0.25, 0.3) is 10.1 Å². The van der Waals surface area contributed by atoms with Crippen LogP contribution >= 0.6 is 22.9 Å². The van der Waals surface area contributed by atoms with Crippen molar-refractivity contribution in [1.82, 2.24) is 9.80 Å². The Morgan fingerprint density at radius 3 is 2.43 bits per heavy atom. The molecule has 1 aromatic heterocycles. The number of aliphatic carboxylic acids is 1. The highest BCUT2D eigenvalue weighted by atomic mass is 35.5. The number of carboxylic acids is 1. The molecule has 2 aromatic carbocycles. The van der Waals surface area contributed by atoms with E-state index in [0.29, 0.717) is 57.4 Å². The first kappa shape index (κ1) is 34.0. The molecule has 9 nitrogen and oxygen atoms in total. The minimum atomic E-state index is -1.48. The Kier molecular flexibility index (Phi) is 10.3.